The summed E-state index contributed by atoms with van der Waals surface area (Å²) in [7, 11) is -2.40. The summed E-state index contributed by atoms with van der Waals surface area (Å²) in [6.07, 6.45) is 1.06. The van der Waals surface area contributed by atoms with E-state index in [-0.39, 0.29) is 11.3 Å². The monoisotopic (exact) mass is 231 g/mol. The molecule has 0 aliphatic rings. The molecule has 0 spiro atoms. The molecule has 0 aliphatic heterocycles. The Balaban J connectivity index is 3.19. The van der Waals surface area contributed by atoms with Crippen molar-refractivity contribution in [3.63, 3.8) is 0 Å². The molecule has 0 amide bonds. The van der Waals surface area contributed by atoms with Gasteiger partial charge in [0.2, 0.25) is 10.0 Å². The van der Waals surface area contributed by atoms with Gasteiger partial charge in [-0.25, -0.2) is 17.9 Å². The normalized spacial score (nSPS) is 11.9. The molecule has 1 aromatic carbocycles. The molecule has 0 heterocycles. The van der Waals surface area contributed by atoms with Crippen molar-refractivity contribution in [1.82, 2.24) is 0 Å². The topological polar surface area (TPSA) is 69.4 Å². The number of halogens is 1. The summed E-state index contributed by atoms with van der Waals surface area (Å²) in [5.41, 5.74) is 0.0500. The molecule has 1 rings (SSSR count). The molecular formula is C9H10FNO3S. The Morgan fingerprint density at radius 3 is 2.67 bits per heavy atom. The maximum absolute atomic E-state index is 13.2. The molecule has 0 unspecified atom stereocenters. The van der Waals surface area contributed by atoms with Crippen LogP contribution in [-0.4, -0.2) is 15.5 Å². The van der Waals surface area contributed by atoms with Crippen LogP contribution in [0.1, 0.15) is 5.56 Å². The first-order valence-corrected chi connectivity index (χ1v) is 5.58. The average Bonchev–Trinajstić information content (AvgIpc) is 2.14. The molecule has 0 aliphatic carbocycles. The Kier molecular flexibility index (Phi) is 3.43. The number of methoxy groups -OCH3 is 1. The van der Waals surface area contributed by atoms with Gasteiger partial charge in [0.1, 0.15) is 11.6 Å². The predicted octanol–water partition coefficient (Wildman–Crippen LogP) is 1.09. The number of primary sulfonamides is 1. The number of hydrogen-bond acceptors (Lipinski definition) is 3. The Labute approximate surface area is 87.2 Å². The maximum atomic E-state index is 13.2. The fraction of sp³-hybridized carbons (Fsp3) is 0.111. The van der Waals surface area contributed by atoms with Gasteiger partial charge in [0.25, 0.3) is 0 Å². The highest BCUT2D eigenvalue weighted by molar-refractivity contribution is 7.92. The first kappa shape index (κ1) is 11.7. The van der Waals surface area contributed by atoms with Crippen LogP contribution < -0.4 is 9.88 Å². The highest BCUT2D eigenvalue weighted by atomic mass is 32.2. The molecule has 0 aromatic heterocycles. The van der Waals surface area contributed by atoms with Gasteiger partial charge < -0.3 is 4.74 Å². The largest absolute Gasteiger partial charge is 0.496 e. The second kappa shape index (κ2) is 4.41. The second-order valence-corrected chi connectivity index (χ2v) is 4.20. The standard InChI is InChI=1S/C9H10FNO3S/c1-14-9-4-2-3-8(10)7(9)5-6-15(11,12)13/h2-6H,1H3,(H2,11,12,13)/b6-5+. The van der Waals surface area contributed by atoms with Crippen LogP contribution in [0.25, 0.3) is 6.08 Å². The Morgan fingerprint density at radius 1 is 1.47 bits per heavy atom. The van der Waals surface area contributed by atoms with Gasteiger partial charge in [0, 0.05) is 5.41 Å². The highest BCUT2D eigenvalue weighted by Crippen LogP contribution is 2.22. The van der Waals surface area contributed by atoms with Gasteiger partial charge in [-0.05, 0) is 18.2 Å². The van der Waals surface area contributed by atoms with Crippen LogP contribution >= 0.6 is 0 Å². The number of benzene rings is 1. The summed E-state index contributed by atoms with van der Waals surface area (Å²) in [5, 5.41) is 5.46. The second-order valence-electron chi connectivity index (χ2n) is 2.75. The molecule has 0 saturated heterocycles. The fourth-order valence-corrected chi connectivity index (χ4v) is 1.35. The molecule has 0 radical (unpaired) electrons. The van der Waals surface area contributed by atoms with E-state index in [9.17, 15) is 12.8 Å². The van der Waals surface area contributed by atoms with E-state index in [1.165, 1.54) is 25.3 Å². The summed E-state index contributed by atoms with van der Waals surface area (Å²) >= 11 is 0. The van der Waals surface area contributed by atoms with Crippen LogP contribution in [-0.2, 0) is 10.0 Å². The molecule has 1 aromatic rings. The van der Waals surface area contributed by atoms with E-state index in [1.54, 1.807) is 0 Å². The third kappa shape index (κ3) is 3.34. The molecule has 2 N–H and O–H groups in total. The summed E-state index contributed by atoms with van der Waals surface area (Å²) in [4.78, 5) is 0. The quantitative estimate of drug-likeness (QED) is 0.846. The van der Waals surface area contributed by atoms with Gasteiger partial charge in [-0.2, -0.15) is 0 Å². The zero-order valence-corrected chi connectivity index (χ0v) is 8.79. The number of ether oxygens (including phenoxy) is 1. The molecule has 0 fully saturated rings. The lowest BCUT2D eigenvalue weighted by Crippen LogP contribution is -2.06. The van der Waals surface area contributed by atoms with E-state index in [1.807, 2.05) is 0 Å². The zero-order chi connectivity index (χ0) is 11.5. The van der Waals surface area contributed by atoms with Gasteiger partial charge in [-0.15, -0.1) is 0 Å². The van der Waals surface area contributed by atoms with Gasteiger partial charge in [-0.1, -0.05) is 6.07 Å². The molecule has 0 saturated carbocycles. The minimum atomic E-state index is -3.77. The first-order valence-electron chi connectivity index (χ1n) is 3.97. The van der Waals surface area contributed by atoms with Crippen molar-refractivity contribution >= 4 is 16.1 Å². The number of sulfonamides is 1. The molecule has 15 heavy (non-hydrogen) atoms. The Bertz CT molecular complexity index is 482. The zero-order valence-electron chi connectivity index (χ0n) is 7.98. The highest BCUT2D eigenvalue weighted by Gasteiger charge is 2.06. The Hall–Kier alpha value is -1.40. The SMILES string of the molecule is COc1cccc(F)c1/C=C/S(N)(=O)=O. The first-order chi connectivity index (χ1) is 6.94. The van der Waals surface area contributed by atoms with Crippen molar-refractivity contribution in [1.29, 1.82) is 0 Å². The third-order valence-corrected chi connectivity index (χ3v) is 2.17. The molecule has 4 nitrogen and oxygen atoms in total. The van der Waals surface area contributed by atoms with Gasteiger partial charge >= 0.3 is 0 Å². The van der Waals surface area contributed by atoms with Crippen molar-refractivity contribution in [3.8, 4) is 5.75 Å². The van der Waals surface area contributed by atoms with E-state index in [4.69, 9.17) is 9.88 Å². The smallest absolute Gasteiger partial charge is 0.231 e. The van der Waals surface area contributed by atoms with Crippen LogP contribution in [0.3, 0.4) is 0 Å². The lowest BCUT2D eigenvalue weighted by molar-refractivity contribution is 0.410. The summed E-state index contributed by atoms with van der Waals surface area (Å²) in [6.45, 7) is 0. The lowest BCUT2D eigenvalue weighted by Gasteiger charge is -2.04. The number of hydrogen-bond donors (Lipinski definition) is 1. The van der Waals surface area contributed by atoms with Crippen LogP contribution in [0.5, 0.6) is 5.75 Å². The van der Waals surface area contributed by atoms with Crippen molar-refractivity contribution in [2.24, 2.45) is 5.14 Å². The average molecular weight is 231 g/mol. The fourth-order valence-electron chi connectivity index (χ4n) is 1.02. The molecular weight excluding hydrogens is 221 g/mol. The van der Waals surface area contributed by atoms with Crippen LogP contribution in [0, 0.1) is 5.82 Å². The lowest BCUT2D eigenvalue weighted by atomic mass is 10.2. The van der Waals surface area contributed by atoms with E-state index in [2.05, 4.69) is 0 Å². The van der Waals surface area contributed by atoms with E-state index in [0.717, 1.165) is 6.08 Å². The Morgan fingerprint density at radius 2 is 2.13 bits per heavy atom. The summed E-state index contributed by atoms with van der Waals surface area (Å²) in [5.74, 6) is -0.329. The van der Waals surface area contributed by atoms with Gasteiger partial charge in [0.15, 0.2) is 0 Å². The maximum Gasteiger partial charge on any atom is 0.231 e. The third-order valence-electron chi connectivity index (χ3n) is 1.66. The van der Waals surface area contributed by atoms with Crippen LogP contribution in [0.2, 0.25) is 0 Å². The van der Waals surface area contributed by atoms with Crippen LogP contribution in [0.15, 0.2) is 23.6 Å². The minimum Gasteiger partial charge on any atom is -0.496 e. The van der Waals surface area contributed by atoms with Crippen LogP contribution in [0.4, 0.5) is 4.39 Å². The van der Waals surface area contributed by atoms with E-state index < -0.39 is 15.8 Å². The molecule has 82 valence electrons. The summed E-state index contributed by atoms with van der Waals surface area (Å²) < 4.78 is 39.4. The summed E-state index contributed by atoms with van der Waals surface area (Å²) in [6, 6.07) is 4.18. The van der Waals surface area contributed by atoms with E-state index in [0.29, 0.717) is 5.41 Å². The van der Waals surface area contributed by atoms with Gasteiger partial charge in [-0.3, -0.25) is 0 Å². The predicted molar refractivity (Wildman–Crippen MR) is 55.1 cm³/mol. The van der Waals surface area contributed by atoms with Crippen molar-refractivity contribution in [2.75, 3.05) is 7.11 Å². The number of nitrogens with two attached hydrogens (primary N) is 1. The van der Waals surface area contributed by atoms with Gasteiger partial charge in [0.05, 0.1) is 12.7 Å². The molecule has 0 bridgehead atoms. The number of rotatable bonds is 3. The molecule has 6 heteroatoms. The van der Waals surface area contributed by atoms with Crippen molar-refractivity contribution in [3.05, 3.63) is 35.0 Å². The van der Waals surface area contributed by atoms with E-state index >= 15 is 0 Å². The van der Waals surface area contributed by atoms with Crippen molar-refractivity contribution in [2.45, 2.75) is 0 Å². The molecule has 0 atom stereocenters. The minimum absolute atomic E-state index is 0.0500. The van der Waals surface area contributed by atoms with Crippen molar-refractivity contribution < 1.29 is 17.5 Å².